The van der Waals surface area contributed by atoms with Gasteiger partial charge >= 0.3 is 5.97 Å². The number of azo groups is 3. The first-order valence-electron chi connectivity index (χ1n) is 17.9. The van der Waals surface area contributed by atoms with Crippen molar-refractivity contribution in [1.29, 1.82) is 0 Å². The Morgan fingerprint density at radius 2 is 1.37 bits per heavy atom. The van der Waals surface area contributed by atoms with Gasteiger partial charge in [0.1, 0.15) is 43.9 Å². The van der Waals surface area contributed by atoms with Gasteiger partial charge in [0.25, 0.3) is 41.8 Å². The summed E-state index contributed by atoms with van der Waals surface area (Å²) in [5, 5.41) is 76.8. The fourth-order valence-corrected chi connectivity index (χ4v) is 8.63. The molecule has 0 saturated heterocycles. The molecule has 27 nitrogen and oxygen atoms in total. The number of carboxylic acids is 1. The van der Waals surface area contributed by atoms with Crippen LogP contribution in [0.4, 0.5) is 34.1 Å². The van der Waals surface area contributed by atoms with Crippen molar-refractivity contribution in [2.24, 2.45) is 36.4 Å². The molecule has 67 heavy (non-hydrogen) atoms. The number of phenolic OH excluding ortho intramolecular Hbond substituents is 2. The number of aromatic hydroxyl groups is 3. The molecule has 0 saturated carbocycles. The van der Waals surface area contributed by atoms with Crippen LogP contribution in [0, 0.1) is 6.92 Å². The molecular formula is C36H28N8O19S4. The van der Waals surface area contributed by atoms with Gasteiger partial charge < -0.3 is 26.2 Å². The normalized spacial score (nSPS) is 12.6. The quantitative estimate of drug-likeness (QED) is 0.0168. The summed E-state index contributed by atoms with van der Waals surface area (Å²) in [5.74, 6) is -5.71. The number of fused-ring (bicyclic) bond motifs is 2. The summed E-state index contributed by atoms with van der Waals surface area (Å²) >= 11 is 0.396. The molecule has 1 heterocycles. The topological polar surface area (TPSA) is 439 Å². The van der Waals surface area contributed by atoms with Crippen LogP contribution in [0.15, 0.2) is 116 Å². The Labute approximate surface area is 378 Å². The van der Waals surface area contributed by atoms with Crippen molar-refractivity contribution in [3.63, 3.8) is 0 Å². The molecule has 0 aliphatic heterocycles. The van der Waals surface area contributed by atoms with Gasteiger partial charge in [0.2, 0.25) is 5.88 Å². The first kappa shape index (κ1) is 49.1. The predicted octanol–water partition coefficient (Wildman–Crippen LogP) is 6.81. The Bertz CT molecular complexity index is 3620. The maximum absolute atomic E-state index is 12.8. The van der Waals surface area contributed by atoms with Gasteiger partial charge in [-0.25, -0.2) is 10.1 Å². The molecule has 0 radical (unpaired) electrons. The highest BCUT2D eigenvalue weighted by molar-refractivity contribution is 7.94. The van der Waals surface area contributed by atoms with Gasteiger partial charge in [-0.2, -0.15) is 30.4 Å². The first-order chi connectivity index (χ1) is 31.3. The van der Waals surface area contributed by atoms with E-state index in [0.717, 1.165) is 34.9 Å². The van der Waals surface area contributed by atoms with Gasteiger partial charge in [-0.1, -0.05) is 5.04 Å². The molecule has 1 amide bonds. The van der Waals surface area contributed by atoms with Gasteiger partial charge in [0, 0.05) is 28.5 Å². The predicted molar refractivity (Wildman–Crippen MR) is 229 cm³/mol. The van der Waals surface area contributed by atoms with Gasteiger partial charge in [-0.15, -0.1) is 29.9 Å². The van der Waals surface area contributed by atoms with E-state index >= 15 is 0 Å². The van der Waals surface area contributed by atoms with E-state index in [1.54, 1.807) is 0 Å². The Morgan fingerprint density at radius 3 is 1.97 bits per heavy atom. The van der Waals surface area contributed by atoms with E-state index in [2.05, 4.69) is 40.1 Å². The number of aromatic carboxylic acids is 1. The number of nitrogens with zero attached hydrogens (tertiary/aromatic N) is 7. The van der Waals surface area contributed by atoms with E-state index in [1.807, 2.05) is 0 Å². The number of carbonyl (C=O) groups excluding carboxylic acids is 1. The van der Waals surface area contributed by atoms with Crippen molar-refractivity contribution >= 4 is 110 Å². The number of carbonyl (C=O) groups is 2. The molecule has 0 aliphatic rings. The number of rotatable bonds is 15. The molecule has 1 aromatic heterocycles. The molecular weight excluding hydrogens is 977 g/mol. The molecule has 350 valence electrons. The number of benzene rings is 5. The molecule has 10 N–H and O–H groups in total. The van der Waals surface area contributed by atoms with Crippen LogP contribution in [0.25, 0.3) is 21.5 Å². The molecule has 0 fully saturated rings. The minimum absolute atomic E-state index is 0.00540. The largest absolute Gasteiger partial charge is 0.507 e. The highest BCUT2D eigenvalue weighted by Gasteiger charge is 2.27. The van der Waals surface area contributed by atoms with Crippen LogP contribution < -0.4 is 11.3 Å². The Balaban J connectivity index is 1.47. The van der Waals surface area contributed by atoms with Crippen molar-refractivity contribution in [3.8, 4) is 17.4 Å². The molecule has 0 atom stereocenters. The number of hydrogen-bond donors (Lipinski definition) is 9. The van der Waals surface area contributed by atoms with Gasteiger partial charge in [-0.3, -0.25) is 27.8 Å². The van der Waals surface area contributed by atoms with E-state index < -0.39 is 119 Å². The van der Waals surface area contributed by atoms with Crippen molar-refractivity contribution in [2.45, 2.75) is 40.0 Å². The summed E-state index contributed by atoms with van der Waals surface area (Å²) in [6.07, 6.45) is 0. The molecule has 0 spiro atoms. The lowest BCUT2D eigenvalue weighted by atomic mass is 10.1. The first-order valence-corrected chi connectivity index (χ1v) is 22.9. The average Bonchev–Trinajstić information content (AvgIpc) is 3.23. The van der Waals surface area contributed by atoms with E-state index in [-0.39, 0.29) is 44.8 Å². The second kappa shape index (κ2) is 18.5. The Morgan fingerprint density at radius 1 is 0.746 bits per heavy atom. The zero-order valence-electron chi connectivity index (χ0n) is 33.4. The summed E-state index contributed by atoms with van der Waals surface area (Å²) < 4.78 is 108. The molecule has 0 bridgehead atoms. The zero-order chi connectivity index (χ0) is 49.5. The monoisotopic (exact) mass is 1000 g/mol. The highest BCUT2D eigenvalue weighted by atomic mass is 32.2. The molecule has 31 heteroatoms. The highest BCUT2D eigenvalue weighted by Crippen LogP contribution is 2.46. The number of primary amides is 1. The summed E-state index contributed by atoms with van der Waals surface area (Å²) in [6, 6.07) is 9.09. The Hall–Kier alpha value is -7.33. The lowest BCUT2D eigenvalue weighted by Gasteiger charge is -2.13. The van der Waals surface area contributed by atoms with Crippen molar-refractivity contribution in [3.05, 3.63) is 87.7 Å². The smallest absolute Gasteiger partial charge is 0.338 e. The van der Waals surface area contributed by atoms with Crippen LogP contribution in [0.3, 0.4) is 0 Å². The van der Waals surface area contributed by atoms with Crippen LogP contribution in [0.1, 0.15) is 33.2 Å². The van der Waals surface area contributed by atoms with Gasteiger partial charge in [0.05, 0.1) is 39.3 Å². The third-order valence-corrected chi connectivity index (χ3v) is 12.5. The van der Waals surface area contributed by atoms with Crippen LogP contribution in [0.5, 0.6) is 17.4 Å². The number of phenols is 2. The van der Waals surface area contributed by atoms with Crippen molar-refractivity contribution < 1.29 is 83.6 Å². The standard InChI is InChI=1S/C36H28N8O19S4/c1-3-44-34(48)28(33(37)47)14(2)30(35(44)49)42-40-23-11-18(64-63-62-52)6-15-8-26(66(56,57)58)24(13-20(15)23)41-38-17-4-5-22(21(10-17)36(50)51)39-43-31-27(67(59,60)61)9-16-7-19(65(53,54)55)12-25(45)29(16)32(31)46/h4-13,45-46,49,52H,3H2,1-2H3,(H2,37,47)(H,50,51)(H,53,54,55)(H,56,57,58)(H,59,60,61). The van der Waals surface area contributed by atoms with E-state index in [0.29, 0.717) is 30.2 Å². The van der Waals surface area contributed by atoms with Crippen molar-refractivity contribution in [2.75, 3.05) is 0 Å². The van der Waals surface area contributed by atoms with E-state index in [1.165, 1.54) is 26.0 Å². The zero-order valence-corrected chi connectivity index (χ0v) is 36.7. The van der Waals surface area contributed by atoms with Gasteiger partial charge in [-0.05, 0) is 79.2 Å². The minimum Gasteiger partial charge on any atom is -0.507 e. The van der Waals surface area contributed by atoms with E-state index in [4.69, 9.17) is 11.0 Å². The van der Waals surface area contributed by atoms with Crippen LogP contribution >= 0.6 is 12.0 Å². The van der Waals surface area contributed by atoms with Crippen LogP contribution in [-0.4, -0.2) is 81.0 Å². The fourth-order valence-electron chi connectivity index (χ4n) is 6.36. The molecule has 6 rings (SSSR count). The number of carboxylic acid groups (broad SMARTS) is 1. The Kier molecular flexibility index (Phi) is 13.6. The minimum atomic E-state index is -5.33. The van der Waals surface area contributed by atoms with E-state index in [9.17, 15) is 73.7 Å². The fraction of sp³-hybridized carbons (Fsp3) is 0.0833. The second-order valence-electron chi connectivity index (χ2n) is 13.4. The van der Waals surface area contributed by atoms with Crippen molar-refractivity contribution in [1.82, 2.24) is 4.57 Å². The summed E-state index contributed by atoms with van der Waals surface area (Å²) in [6.45, 7) is 2.63. The van der Waals surface area contributed by atoms with Crippen LogP contribution in [-0.2, 0) is 46.3 Å². The number of amides is 1. The summed E-state index contributed by atoms with van der Waals surface area (Å²) in [5.41, 5.74) is 0.0895. The molecule has 6 aromatic rings. The summed E-state index contributed by atoms with van der Waals surface area (Å²) in [7, 11) is -15.4. The van der Waals surface area contributed by atoms with Crippen LogP contribution in [0.2, 0.25) is 0 Å². The molecule has 0 unspecified atom stereocenters. The average molecular weight is 1000 g/mol. The second-order valence-corrected chi connectivity index (χ2v) is 18.4. The maximum Gasteiger partial charge on any atom is 0.338 e. The molecule has 0 aliphatic carbocycles. The third kappa shape index (κ3) is 10.1. The SMILES string of the molecule is CCn1c(O)c(N=Nc2cc(SOOO)cc3cc(S(=O)(=O)O)c(N=Nc4ccc(N=Nc5c(S(=O)(=O)O)cc6cc(S(=O)(=O)O)cc(O)c6c5O)c(C(=O)O)c4)cc23)c(C)c(C(N)=O)c1=O. The number of aromatic nitrogens is 1. The molecule has 5 aromatic carbocycles. The summed E-state index contributed by atoms with van der Waals surface area (Å²) in [4.78, 5) is 34.5. The lowest BCUT2D eigenvalue weighted by Crippen LogP contribution is -2.30. The lowest BCUT2D eigenvalue weighted by molar-refractivity contribution is -0.432. The number of nitrogens with two attached hydrogens (primary N) is 1. The number of hydrogen-bond acceptors (Lipinski definition) is 22. The van der Waals surface area contributed by atoms with Gasteiger partial charge in [0.15, 0.2) is 5.75 Å². The maximum atomic E-state index is 12.8. The third-order valence-electron chi connectivity index (χ3n) is 9.32. The number of pyridine rings is 1.